The predicted octanol–water partition coefficient (Wildman–Crippen LogP) is 2.52. The molecule has 0 aromatic heterocycles. The summed E-state index contributed by atoms with van der Waals surface area (Å²) in [6.07, 6.45) is 7.79. The van der Waals surface area contributed by atoms with E-state index in [2.05, 4.69) is 17.3 Å². The van der Waals surface area contributed by atoms with E-state index in [1.165, 1.54) is 32.1 Å². The number of nitrogens with zero attached hydrogens (tertiary/aromatic N) is 1. The van der Waals surface area contributed by atoms with Crippen LogP contribution in [0.4, 0.5) is 0 Å². The van der Waals surface area contributed by atoms with Crippen LogP contribution in [0.3, 0.4) is 0 Å². The van der Waals surface area contributed by atoms with Crippen LogP contribution in [0.25, 0.3) is 0 Å². The first kappa shape index (κ1) is 18.4. The molecular weight excluding hydrogens is 262 g/mol. The largest absolute Gasteiger partial charge is 0.356 e. The molecule has 0 heterocycles. The van der Waals surface area contributed by atoms with Crippen molar-refractivity contribution in [3.63, 3.8) is 0 Å². The van der Waals surface area contributed by atoms with E-state index >= 15 is 0 Å². The third-order valence-electron chi connectivity index (χ3n) is 5.35. The van der Waals surface area contributed by atoms with E-state index in [0.717, 1.165) is 25.6 Å². The zero-order valence-electron chi connectivity index (χ0n) is 14.7. The summed E-state index contributed by atoms with van der Waals surface area (Å²) in [5.74, 6) is 0.0512. The van der Waals surface area contributed by atoms with Crippen molar-refractivity contribution in [1.29, 1.82) is 0 Å². The van der Waals surface area contributed by atoms with Gasteiger partial charge < -0.3 is 16.0 Å². The SMILES string of the molecule is CN(CCCNC(=O)C(C)(C)C(C)(C)N)C1CCCCC1. The van der Waals surface area contributed by atoms with Gasteiger partial charge in [0.15, 0.2) is 0 Å². The average Bonchev–Trinajstić information content (AvgIpc) is 2.42. The fourth-order valence-electron chi connectivity index (χ4n) is 2.75. The Labute approximate surface area is 130 Å². The molecule has 0 saturated heterocycles. The second kappa shape index (κ2) is 7.59. The standard InChI is InChI=1S/C17H35N3O/c1-16(2,17(3,4)18)15(21)19-12-9-13-20(5)14-10-7-6-8-11-14/h14H,6-13,18H2,1-5H3,(H,19,21). The number of nitrogens with two attached hydrogens (primary N) is 1. The first-order chi connectivity index (χ1) is 9.66. The molecule has 0 radical (unpaired) electrons. The van der Waals surface area contributed by atoms with Crippen molar-refractivity contribution in [3.8, 4) is 0 Å². The summed E-state index contributed by atoms with van der Waals surface area (Å²) in [5.41, 5.74) is 5.02. The normalized spacial score (nSPS) is 18.0. The first-order valence-electron chi connectivity index (χ1n) is 8.43. The van der Waals surface area contributed by atoms with Gasteiger partial charge in [0.2, 0.25) is 5.91 Å². The molecular formula is C17H35N3O. The Morgan fingerprint density at radius 1 is 1.19 bits per heavy atom. The maximum absolute atomic E-state index is 12.3. The van der Waals surface area contributed by atoms with Crippen LogP contribution in [0.2, 0.25) is 0 Å². The highest BCUT2D eigenvalue weighted by Crippen LogP contribution is 2.28. The van der Waals surface area contributed by atoms with E-state index in [4.69, 9.17) is 5.73 Å². The molecule has 4 heteroatoms. The number of rotatable bonds is 7. The monoisotopic (exact) mass is 297 g/mol. The van der Waals surface area contributed by atoms with E-state index in [0.29, 0.717) is 0 Å². The Morgan fingerprint density at radius 3 is 2.29 bits per heavy atom. The smallest absolute Gasteiger partial charge is 0.227 e. The van der Waals surface area contributed by atoms with Crippen molar-refractivity contribution in [2.45, 2.75) is 77.8 Å². The molecule has 124 valence electrons. The number of hydrogen-bond acceptors (Lipinski definition) is 3. The molecule has 0 aromatic rings. The summed E-state index contributed by atoms with van der Waals surface area (Å²) in [4.78, 5) is 14.7. The van der Waals surface area contributed by atoms with Crippen molar-refractivity contribution in [1.82, 2.24) is 10.2 Å². The van der Waals surface area contributed by atoms with E-state index < -0.39 is 11.0 Å². The molecule has 1 aliphatic carbocycles. The zero-order chi connectivity index (χ0) is 16.1. The highest BCUT2D eigenvalue weighted by atomic mass is 16.2. The summed E-state index contributed by atoms with van der Waals surface area (Å²) in [6, 6.07) is 0.744. The molecule has 0 aliphatic heterocycles. The van der Waals surface area contributed by atoms with Gasteiger partial charge in [0.1, 0.15) is 0 Å². The lowest BCUT2D eigenvalue weighted by Gasteiger charge is -2.37. The number of carbonyl (C=O) groups excluding carboxylic acids is 1. The van der Waals surface area contributed by atoms with Crippen molar-refractivity contribution >= 4 is 5.91 Å². The first-order valence-corrected chi connectivity index (χ1v) is 8.43. The number of nitrogens with one attached hydrogen (secondary N) is 1. The van der Waals surface area contributed by atoms with Crippen molar-refractivity contribution < 1.29 is 4.79 Å². The van der Waals surface area contributed by atoms with Gasteiger partial charge in [-0.15, -0.1) is 0 Å². The second-order valence-electron chi connectivity index (χ2n) is 7.73. The Kier molecular flexibility index (Phi) is 6.67. The van der Waals surface area contributed by atoms with Gasteiger partial charge >= 0.3 is 0 Å². The molecule has 0 spiro atoms. The Hall–Kier alpha value is -0.610. The maximum atomic E-state index is 12.3. The molecule has 4 nitrogen and oxygen atoms in total. The molecule has 1 saturated carbocycles. The fourth-order valence-corrected chi connectivity index (χ4v) is 2.75. The van der Waals surface area contributed by atoms with E-state index in [1.807, 2.05) is 27.7 Å². The zero-order valence-corrected chi connectivity index (χ0v) is 14.7. The molecule has 1 fully saturated rings. The van der Waals surface area contributed by atoms with Gasteiger partial charge in [-0.05, 0) is 60.5 Å². The van der Waals surface area contributed by atoms with Crippen LogP contribution in [0.5, 0.6) is 0 Å². The topological polar surface area (TPSA) is 58.4 Å². The van der Waals surface area contributed by atoms with Gasteiger partial charge in [-0.2, -0.15) is 0 Å². The lowest BCUT2D eigenvalue weighted by Crippen LogP contribution is -2.55. The summed E-state index contributed by atoms with van der Waals surface area (Å²) >= 11 is 0. The Morgan fingerprint density at radius 2 is 1.76 bits per heavy atom. The van der Waals surface area contributed by atoms with Crippen LogP contribution >= 0.6 is 0 Å². The van der Waals surface area contributed by atoms with Crippen molar-refractivity contribution in [3.05, 3.63) is 0 Å². The molecule has 0 atom stereocenters. The van der Waals surface area contributed by atoms with Gasteiger partial charge in [-0.25, -0.2) is 0 Å². The Bertz CT molecular complexity index is 327. The van der Waals surface area contributed by atoms with Gasteiger partial charge in [-0.1, -0.05) is 19.3 Å². The summed E-state index contributed by atoms with van der Waals surface area (Å²) in [6.45, 7) is 9.42. The predicted molar refractivity (Wildman–Crippen MR) is 89.2 cm³/mol. The lowest BCUT2D eigenvalue weighted by atomic mass is 9.74. The molecule has 1 rings (SSSR count). The van der Waals surface area contributed by atoms with E-state index in [-0.39, 0.29) is 5.91 Å². The quantitative estimate of drug-likeness (QED) is 0.710. The van der Waals surface area contributed by atoms with Gasteiger partial charge in [0, 0.05) is 18.1 Å². The molecule has 3 N–H and O–H groups in total. The molecule has 0 unspecified atom stereocenters. The van der Waals surface area contributed by atoms with E-state index in [9.17, 15) is 4.79 Å². The summed E-state index contributed by atoms with van der Waals surface area (Å²) in [5, 5.41) is 3.04. The summed E-state index contributed by atoms with van der Waals surface area (Å²) < 4.78 is 0. The van der Waals surface area contributed by atoms with Crippen molar-refractivity contribution in [2.24, 2.45) is 11.1 Å². The Balaban J connectivity index is 2.26. The minimum atomic E-state index is -0.553. The van der Waals surface area contributed by atoms with Gasteiger partial charge in [-0.3, -0.25) is 4.79 Å². The number of carbonyl (C=O) groups is 1. The van der Waals surface area contributed by atoms with Crippen LogP contribution < -0.4 is 11.1 Å². The minimum absolute atomic E-state index is 0.0512. The lowest BCUT2D eigenvalue weighted by molar-refractivity contribution is -0.132. The fraction of sp³-hybridized carbons (Fsp3) is 0.941. The van der Waals surface area contributed by atoms with Crippen LogP contribution in [-0.4, -0.2) is 42.5 Å². The maximum Gasteiger partial charge on any atom is 0.227 e. The minimum Gasteiger partial charge on any atom is -0.356 e. The van der Waals surface area contributed by atoms with Crippen molar-refractivity contribution in [2.75, 3.05) is 20.1 Å². The number of amides is 1. The highest BCUT2D eigenvalue weighted by Gasteiger charge is 2.40. The van der Waals surface area contributed by atoms with Crippen LogP contribution in [0, 0.1) is 5.41 Å². The second-order valence-corrected chi connectivity index (χ2v) is 7.73. The van der Waals surface area contributed by atoms with Crippen LogP contribution in [0.15, 0.2) is 0 Å². The van der Waals surface area contributed by atoms with Gasteiger partial charge in [0.05, 0.1) is 5.41 Å². The highest BCUT2D eigenvalue weighted by molar-refractivity contribution is 5.83. The van der Waals surface area contributed by atoms with Crippen LogP contribution in [-0.2, 0) is 4.79 Å². The summed E-state index contributed by atoms with van der Waals surface area (Å²) in [7, 11) is 2.21. The van der Waals surface area contributed by atoms with Crippen LogP contribution in [0.1, 0.15) is 66.2 Å². The molecule has 1 amide bonds. The average molecular weight is 297 g/mol. The van der Waals surface area contributed by atoms with Gasteiger partial charge in [0.25, 0.3) is 0 Å². The molecule has 0 aromatic carbocycles. The third-order valence-corrected chi connectivity index (χ3v) is 5.35. The molecule has 21 heavy (non-hydrogen) atoms. The molecule has 0 bridgehead atoms. The van der Waals surface area contributed by atoms with E-state index in [1.54, 1.807) is 0 Å². The number of hydrogen-bond donors (Lipinski definition) is 2. The molecule has 1 aliphatic rings. The third kappa shape index (κ3) is 5.26.